The van der Waals surface area contributed by atoms with Crippen molar-refractivity contribution in [2.45, 2.75) is 43.9 Å². The molecule has 8 heteroatoms. The van der Waals surface area contributed by atoms with Gasteiger partial charge in [0.15, 0.2) is 0 Å². The maximum atomic E-state index is 12.7. The first-order valence-corrected chi connectivity index (χ1v) is 8.89. The quantitative estimate of drug-likeness (QED) is 0.778. The first kappa shape index (κ1) is 19.4. The predicted molar refractivity (Wildman–Crippen MR) is 99.4 cm³/mol. The summed E-state index contributed by atoms with van der Waals surface area (Å²) < 4.78 is 38.0. The zero-order chi connectivity index (χ0) is 19.8. The van der Waals surface area contributed by atoms with E-state index in [1.165, 1.54) is 12.1 Å². The van der Waals surface area contributed by atoms with Crippen LogP contribution in [-0.4, -0.2) is 31.1 Å². The number of hydrogen-bond acceptors (Lipinski definition) is 5. The fourth-order valence-electron chi connectivity index (χ4n) is 3.62. The first-order valence-electron chi connectivity index (χ1n) is 8.89. The number of benzene rings is 1. The van der Waals surface area contributed by atoms with Crippen LogP contribution >= 0.6 is 0 Å². The van der Waals surface area contributed by atoms with Gasteiger partial charge in [-0.2, -0.15) is 13.2 Å². The minimum Gasteiger partial charge on any atom is -0.376 e. The van der Waals surface area contributed by atoms with Crippen LogP contribution in [-0.2, 0) is 6.18 Å². The van der Waals surface area contributed by atoms with Crippen LogP contribution in [0.1, 0.15) is 31.2 Å². The van der Waals surface area contributed by atoms with Crippen LogP contribution in [0.2, 0.25) is 0 Å². The standard InChI is InChI=1S/C19H22F3N3O2/c1-25(2)14-6-4-3-5-13(14)24-16-15(17(26)18(16)27)23-12-9-7-11(8-10-12)19(20,21)22/h7-10,13-14,23-24H,3-6H2,1-2H3/t13-,14-/m0/s1. The lowest BCUT2D eigenvalue weighted by molar-refractivity contribution is -0.137. The molecule has 2 aromatic carbocycles. The second-order valence-corrected chi connectivity index (χ2v) is 7.17. The summed E-state index contributed by atoms with van der Waals surface area (Å²) in [5, 5.41) is 5.98. The normalized spacial score (nSPS) is 20.8. The van der Waals surface area contributed by atoms with E-state index in [0.29, 0.717) is 5.69 Å². The van der Waals surface area contributed by atoms with Crippen molar-refractivity contribution in [3.05, 3.63) is 50.3 Å². The molecule has 0 heterocycles. The lowest BCUT2D eigenvalue weighted by Gasteiger charge is -2.37. The Morgan fingerprint density at radius 2 is 1.56 bits per heavy atom. The van der Waals surface area contributed by atoms with E-state index >= 15 is 0 Å². The lowest BCUT2D eigenvalue weighted by atomic mass is 9.89. The van der Waals surface area contributed by atoms with E-state index in [-0.39, 0.29) is 23.5 Å². The summed E-state index contributed by atoms with van der Waals surface area (Å²) in [6.45, 7) is 0. The Morgan fingerprint density at radius 3 is 2.15 bits per heavy atom. The van der Waals surface area contributed by atoms with E-state index in [4.69, 9.17) is 0 Å². The Hall–Kier alpha value is -2.35. The van der Waals surface area contributed by atoms with Crippen molar-refractivity contribution in [3.8, 4) is 0 Å². The van der Waals surface area contributed by atoms with Crippen molar-refractivity contribution in [2.75, 3.05) is 24.7 Å². The van der Waals surface area contributed by atoms with Gasteiger partial charge in [0.25, 0.3) is 10.9 Å². The molecule has 0 unspecified atom stereocenters. The Morgan fingerprint density at radius 1 is 0.963 bits per heavy atom. The van der Waals surface area contributed by atoms with Gasteiger partial charge in [0.1, 0.15) is 11.4 Å². The van der Waals surface area contributed by atoms with Gasteiger partial charge in [-0.1, -0.05) is 12.8 Å². The highest BCUT2D eigenvalue weighted by Crippen LogP contribution is 2.31. The molecule has 146 valence electrons. The van der Waals surface area contributed by atoms with E-state index in [0.717, 1.165) is 37.8 Å². The highest BCUT2D eigenvalue weighted by Gasteiger charge is 2.32. The van der Waals surface area contributed by atoms with Crippen LogP contribution in [0.4, 0.5) is 30.2 Å². The third kappa shape index (κ3) is 4.00. The van der Waals surface area contributed by atoms with Crippen LogP contribution in [0.3, 0.4) is 0 Å². The zero-order valence-electron chi connectivity index (χ0n) is 15.2. The molecule has 3 rings (SSSR count). The summed E-state index contributed by atoms with van der Waals surface area (Å²) >= 11 is 0. The summed E-state index contributed by atoms with van der Waals surface area (Å²) in [5.41, 5.74) is -1.36. The Labute approximate surface area is 154 Å². The van der Waals surface area contributed by atoms with E-state index in [1.54, 1.807) is 0 Å². The van der Waals surface area contributed by atoms with Crippen molar-refractivity contribution < 1.29 is 13.2 Å². The highest BCUT2D eigenvalue weighted by molar-refractivity contribution is 5.79. The monoisotopic (exact) mass is 381 g/mol. The predicted octanol–water partition coefficient (Wildman–Crippen LogP) is 3.33. The maximum Gasteiger partial charge on any atom is 0.416 e. The van der Waals surface area contributed by atoms with Crippen molar-refractivity contribution in [1.82, 2.24) is 4.90 Å². The summed E-state index contributed by atoms with van der Waals surface area (Å²) in [6.07, 6.45) is -0.374. The molecule has 1 aliphatic carbocycles. The van der Waals surface area contributed by atoms with Gasteiger partial charge < -0.3 is 15.5 Å². The minimum atomic E-state index is -4.42. The van der Waals surface area contributed by atoms with Gasteiger partial charge in [-0.15, -0.1) is 0 Å². The van der Waals surface area contributed by atoms with Crippen LogP contribution in [0, 0.1) is 0 Å². The zero-order valence-corrected chi connectivity index (χ0v) is 15.2. The molecule has 0 bridgehead atoms. The van der Waals surface area contributed by atoms with Gasteiger partial charge in [0, 0.05) is 17.8 Å². The van der Waals surface area contributed by atoms with Gasteiger partial charge in [-0.3, -0.25) is 9.59 Å². The average molecular weight is 381 g/mol. The van der Waals surface area contributed by atoms with Crippen molar-refractivity contribution in [1.29, 1.82) is 0 Å². The molecular formula is C19H22F3N3O2. The second kappa shape index (κ2) is 7.34. The molecule has 2 aromatic rings. The van der Waals surface area contributed by atoms with Gasteiger partial charge in [-0.05, 0) is 51.2 Å². The molecule has 1 saturated carbocycles. The molecular weight excluding hydrogens is 359 g/mol. The number of rotatable bonds is 5. The minimum absolute atomic E-state index is 0.0465. The fourth-order valence-corrected chi connectivity index (χ4v) is 3.62. The average Bonchev–Trinajstić information content (AvgIpc) is 2.64. The van der Waals surface area contributed by atoms with Crippen molar-refractivity contribution in [2.24, 2.45) is 0 Å². The molecule has 0 saturated heterocycles. The van der Waals surface area contributed by atoms with Gasteiger partial charge in [0.2, 0.25) is 0 Å². The number of nitrogens with zero attached hydrogens (tertiary/aromatic N) is 1. The maximum absolute atomic E-state index is 12.7. The number of hydrogen-bond donors (Lipinski definition) is 2. The molecule has 0 aromatic heterocycles. The van der Waals surface area contributed by atoms with E-state index in [2.05, 4.69) is 15.5 Å². The molecule has 0 spiro atoms. The smallest absolute Gasteiger partial charge is 0.376 e. The van der Waals surface area contributed by atoms with Gasteiger partial charge >= 0.3 is 6.18 Å². The molecule has 1 fully saturated rings. The molecule has 2 N–H and O–H groups in total. The van der Waals surface area contributed by atoms with Gasteiger partial charge in [-0.25, -0.2) is 0 Å². The first-order chi connectivity index (χ1) is 12.7. The SMILES string of the molecule is CN(C)[C@H]1CCCC[C@@H]1Nc1c(Nc2ccc(C(F)(F)F)cc2)c(=O)c1=O. The molecule has 0 aliphatic heterocycles. The van der Waals surface area contributed by atoms with E-state index < -0.39 is 22.6 Å². The number of alkyl halides is 3. The molecule has 2 atom stereocenters. The largest absolute Gasteiger partial charge is 0.416 e. The fraction of sp³-hybridized carbons (Fsp3) is 0.474. The summed E-state index contributed by atoms with van der Waals surface area (Å²) in [7, 11) is 3.96. The van der Waals surface area contributed by atoms with Crippen molar-refractivity contribution >= 4 is 17.1 Å². The Balaban J connectivity index is 1.77. The summed E-state index contributed by atoms with van der Waals surface area (Å²) in [4.78, 5) is 26.1. The molecule has 0 radical (unpaired) electrons. The molecule has 5 nitrogen and oxygen atoms in total. The van der Waals surface area contributed by atoms with E-state index in [1.807, 2.05) is 14.1 Å². The second-order valence-electron chi connectivity index (χ2n) is 7.17. The van der Waals surface area contributed by atoms with Crippen molar-refractivity contribution in [3.63, 3.8) is 0 Å². The van der Waals surface area contributed by atoms with Crippen LogP contribution in [0.5, 0.6) is 0 Å². The number of nitrogens with one attached hydrogen (secondary N) is 2. The number of likely N-dealkylation sites (N-methyl/N-ethyl adjacent to an activating group) is 1. The van der Waals surface area contributed by atoms with Crippen LogP contribution < -0.4 is 21.5 Å². The topological polar surface area (TPSA) is 61.4 Å². The molecule has 27 heavy (non-hydrogen) atoms. The van der Waals surface area contributed by atoms with Gasteiger partial charge in [0.05, 0.1) is 5.56 Å². The van der Waals surface area contributed by atoms with Crippen LogP contribution in [0.25, 0.3) is 0 Å². The molecule has 0 amide bonds. The third-order valence-electron chi connectivity index (χ3n) is 5.11. The van der Waals surface area contributed by atoms with E-state index in [9.17, 15) is 22.8 Å². The van der Waals surface area contributed by atoms with Crippen LogP contribution in [0.15, 0.2) is 33.9 Å². The lowest BCUT2D eigenvalue weighted by Crippen LogP contribution is -2.48. The Bertz CT molecular complexity index is 868. The highest BCUT2D eigenvalue weighted by atomic mass is 19.4. The number of anilines is 3. The molecule has 1 aliphatic rings. The third-order valence-corrected chi connectivity index (χ3v) is 5.11. The number of halogens is 3. The summed E-state index contributed by atoms with van der Waals surface area (Å²) in [6, 6.07) is 4.65. The Kier molecular flexibility index (Phi) is 5.28. The summed E-state index contributed by atoms with van der Waals surface area (Å²) in [5.74, 6) is 0.